The molecule has 1 aromatic carbocycles. The summed E-state index contributed by atoms with van der Waals surface area (Å²) in [6, 6.07) is 8.96. The van der Waals surface area contributed by atoms with E-state index < -0.39 is 5.91 Å². The summed E-state index contributed by atoms with van der Waals surface area (Å²) in [7, 11) is 0. The van der Waals surface area contributed by atoms with Crippen molar-refractivity contribution in [1.29, 1.82) is 0 Å². The lowest BCUT2D eigenvalue weighted by molar-refractivity contribution is 0.0706. The zero-order valence-electron chi connectivity index (χ0n) is 18.3. The normalized spacial score (nSPS) is 15.4. The topological polar surface area (TPSA) is 91.8 Å². The molecule has 0 bridgehead atoms. The van der Waals surface area contributed by atoms with Crippen LogP contribution in [0.2, 0.25) is 0 Å². The van der Waals surface area contributed by atoms with Gasteiger partial charge in [-0.05, 0) is 68.2 Å². The highest BCUT2D eigenvalue weighted by Gasteiger charge is 2.22. The Morgan fingerprint density at radius 2 is 2.00 bits per heavy atom. The standard InChI is InChI=1S/C24H31N3O4/c1-3-27(4-2)13-5-6-23(28)22-16-21(11-12-25-22)31-20-10-9-17-14-19(24(29)26-30)8-7-18(17)15-20/h7-8,11-12,14,16,20,30H,3-6,9-10,13,15H2,1-2H3,(H,26,29). The maximum atomic E-state index is 12.5. The molecule has 7 heteroatoms. The highest BCUT2D eigenvalue weighted by Crippen LogP contribution is 2.26. The molecule has 1 aliphatic rings. The van der Waals surface area contributed by atoms with Crippen LogP contribution in [0.3, 0.4) is 0 Å². The minimum atomic E-state index is -0.507. The van der Waals surface area contributed by atoms with Crippen LogP contribution in [0, 0.1) is 0 Å². The molecule has 1 aromatic heterocycles. The third-order valence-electron chi connectivity index (χ3n) is 5.85. The molecule has 7 nitrogen and oxygen atoms in total. The number of ketones is 1. The van der Waals surface area contributed by atoms with Crippen molar-refractivity contribution < 1.29 is 19.5 Å². The van der Waals surface area contributed by atoms with E-state index in [1.54, 1.807) is 29.9 Å². The lowest BCUT2D eigenvalue weighted by Crippen LogP contribution is -2.26. The van der Waals surface area contributed by atoms with E-state index in [0.717, 1.165) is 56.4 Å². The molecular weight excluding hydrogens is 394 g/mol. The number of Topliss-reactive ketones (excluding diaryl/α,β-unsaturated/α-hetero) is 1. The van der Waals surface area contributed by atoms with Gasteiger partial charge in [0, 0.05) is 30.7 Å². The van der Waals surface area contributed by atoms with Crippen LogP contribution in [-0.2, 0) is 12.8 Å². The summed E-state index contributed by atoms with van der Waals surface area (Å²) in [5.41, 5.74) is 4.79. The average Bonchev–Trinajstić information content (AvgIpc) is 2.81. The van der Waals surface area contributed by atoms with Crippen molar-refractivity contribution in [2.75, 3.05) is 19.6 Å². The van der Waals surface area contributed by atoms with Gasteiger partial charge in [-0.25, -0.2) is 5.48 Å². The summed E-state index contributed by atoms with van der Waals surface area (Å²) in [4.78, 5) is 30.7. The van der Waals surface area contributed by atoms with Crippen molar-refractivity contribution in [3.8, 4) is 5.75 Å². The van der Waals surface area contributed by atoms with Gasteiger partial charge in [-0.3, -0.25) is 19.8 Å². The number of rotatable bonds is 10. The van der Waals surface area contributed by atoms with Crippen LogP contribution < -0.4 is 10.2 Å². The first-order chi connectivity index (χ1) is 15.0. The molecule has 166 valence electrons. The fourth-order valence-electron chi connectivity index (χ4n) is 3.99. The number of aromatic nitrogens is 1. The SMILES string of the molecule is CCN(CC)CCCC(=O)c1cc(OC2CCc3cc(C(=O)NO)ccc3C2)ccn1. The summed E-state index contributed by atoms with van der Waals surface area (Å²) < 4.78 is 6.16. The summed E-state index contributed by atoms with van der Waals surface area (Å²) >= 11 is 0. The van der Waals surface area contributed by atoms with Gasteiger partial charge in [0.2, 0.25) is 0 Å². The van der Waals surface area contributed by atoms with Crippen LogP contribution in [0.1, 0.15) is 65.1 Å². The summed E-state index contributed by atoms with van der Waals surface area (Å²) in [6.45, 7) is 7.15. The molecule has 0 aliphatic heterocycles. The second-order valence-corrected chi connectivity index (χ2v) is 7.84. The Morgan fingerprint density at radius 1 is 1.19 bits per heavy atom. The van der Waals surface area contributed by atoms with Gasteiger partial charge in [-0.1, -0.05) is 19.9 Å². The lowest BCUT2D eigenvalue weighted by Gasteiger charge is -2.26. The zero-order valence-corrected chi connectivity index (χ0v) is 18.3. The van der Waals surface area contributed by atoms with Crippen molar-refractivity contribution in [3.05, 3.63) is 58.9 Å². The number of nitrogens with one attached hydrogen (secondary N) is 1. The second-order valence-electron chi connectivity index (χ2n) is 7.84. The number of benzene rings is 1. The molecule has 3 rings (SSSR count). The summed E-state index contributed by atoms with van der Waals surface area (Å²) in [5, 5.41) is 8.80. The van der Waals surface area contributed by atoms with Gasteiger partial charge in [0.1, 0.15) is 17.5 Å². The molecule has 0 fully saturated rings. The molecule has 1 heterocycles. The first-order valence-electron chi connectivity index (χ1n) is 11.0. The molecule has 0 spiro atoms. The third kappa shape index (κ3) is 6.12. The summed E-state index contributed by atoms with van der Waals surface area (Å²) in [6.07, 6.45) is 5.26. The van der Waals surface area contributed by atoms with Gasteiger partial charge < -0.3 is 9.64 Å². The lowest BCUT2D eigenvalue weighted by atomic mass is 9.88. The van der Waals surface area contributed by atoms with Crippen LogP contribution in [0.4, 0.5) is 0 Å². The number of hydrogen-bond acceptors (Lipinski definition) is 6. The fourth-order valence-corrected chi connectivity index (χ4v) is 3.99. The summed E-state index contributed by atoms with van der Waals surface area (Å²) in [5.74, 6) is 0.195. The maximum Gasteiger partial charge on any atom is 0.274 e. The minimum absolute atomic E-state index is 0.00182. The average molecular weight is 426 g/mol. The monoisotopic (exact) mass is 425 g/mol. The van der Waals surface area contributed by atoms with Crippen LogP contribution >= 0.6 is 0 Å². The van der Waals surface area contributed by atoms with Crippen LogP contribution in [0.5, 0.6) is 5.75 Å². The maximum absolute atomic E-state index is 12.5. The molecule has 0 saturated heterocycles. The predicted molar refractivity (Wildman–Crippen MR) is 118 cm³/mol. The number of carbonyl (C=O) groups is 2. The van der Waals surface area contributed by atoms with E-state index in [1.807, 2.05) is 12.1 Å². The van der Waals surface area contributed by atoms with Crippen LogP contribution in [-0.4, -0.2) is 52.5 Å². The number of amides is 1. The van der Waals surface area contributed by atoms with Gasteiger partial charge in [0.25, 0.3) is 5.91 Å². The van der Waals surface area contributed by atoms with Crippen molar-refractivity contribution in [2.45, 2.75) is 52.1 Å². The molecule has 1 aliphatic carbocycles. The number of hydrogen-bond donors (Lipinski definition) is 2. The van der Waals surface area contributed by atoms with E-state index >= 15 is 0 Å². The number of hydroxylamine groups is 1. The zero-order chi connectivity index (χ0) is 22.2. The number of carbonyl (C=O) groups excluding carboxylic acids is 2. The van der Waals surface area contributed by atoms with E-state index in [1.165, 1.54) is 0 Å². The molecule has 0 saturated carbocycles. The number of nitrogens with zero attached hydrogens (tertiary/aromatic N) is 2. The number of pyridine rings is 1. The Bertz CT molecular complexity index is 911. The number of aryl methyl sites for hydroxylation is 1. The fraction of sp³-hybridized carbons (Fsp3) is 0.458. The van der Waals surface area contributed by atoms with Gasteiger partial charge in [-0.2, -0.15) is 0 Å². The van der Waals surface area contributed by atoms with Gasteiger partial charge in [0.05, 0.1) is 0 Å². The molecule has 1 unspecified atom stereocenters. The van der Waals surface area contributed by atoms with E-state index in [2.05, 4.69) is 23.7 Å². The Morgan fingerprint density at radius 3 is 2.74 bits per heavy atom. The molecule has 0 radical (unpaired) electrons. The second kappa shape index (κ2) is 11.0. The Labute approximate surface area is 183 Å². The van der Waals surface area contributed by atoms with Crippen molar-refractivity contribution in [1.82, 2.24) is 15.4 Å². The van der Waals surface area contributed by atoms with E-state index in [-0.39, 0.29) is 11.9 Å². The van der Waals surface area contributed by atoms with Gasteiger partial charge in [-0.15, -0.1) is 0 Å². The Hall–Kier alpha value is -2.77. The molecule has 2 aromatic rings. The molecule has 2 N–H and O–H groups in total. The number of fused-ring (bicyclic) bond motifs is 1. The third-order valence-corrected chi connectivity index (χ3v) is 5.85. The predicted octanol–water partition coefficient (Wildman–Crippen LogP) is 3.44. The van der Waals surface area contributed by atoms with Crippen molar-refractivity contribution in [3.63, 3.8) is 0 Å². The smallest absolute Gasteiger partial charge is 0.274 e. The van der Waals surface area contributed by atoms with Crippen LogP contribution in [0.25, 0.3) is 0 Å². The first-order valence-corrected chi connectivity index (χ1v) is 11.0. The van der Waals surface area contributed by atoms with Crippen molar-refractivity contribution in [2.24, 2.45) is 0 Å². The van der Waals surface area contributed by atoms with E-state index in [4.69, 9.17) is 9.94 Å². The quantitative estimate of drug-likeness (QED) is 0.344. The molecular formula is C24H31N3O4. The van der Waals surface area contributed by atoms with Crippen molar-refractivity contribution >= 4 is 11.7 Å². The van der Waals surface area contributed by atoms with Gasteiger partial charge in [0.15, 0.2) is 5.78 Å². The number of ether oxygens (including phenoxy) is 1. The largest absolute Gasteiger partial charge is 0.490 e. The van der Waals surface area contributed by atoms with Crippen LogP contribution in [0.15, 0.2) is 36.5 Å². The molecule has 1 amide bonds. The first kappa shape index (κ1) is 22.9. The van der Waals surface area contributed by atoms with Gasteiger partial charge >= 0.3 is 0 Å². The van der Waals surface area contributed by atoms with E-state index in [0.29, 0.717) is 23.4 Å². The Balaban J connectivity index is 1.57. The minimum Gasteiger partial charge on any atom is -0.490 e. The Kier molecular flexibility index (Phi) is 8.14. The highest BCUT2D eigenvalue weighted by atomic mass is 16.5. The highest BCUT2D eigenvalue weighted by molar-refractivity contribution is 5.94. The molecule has 31 heavy (non-hydrogen) atoms. The van der Waals surface area contributed by atoms with E-state index in [9.17, 15) is 9.59 Å². The molecule has 1 atom stereocenters.